The predicted octanol–water partition coefficient (Wildman–Crippen LogP) is 10.4. The van der Waals surface area contributed by atoms with Gasteiger partial charge in [-0.3, -0.25) is 14.4 Å². The lowest BCUT2D eigenvalue weighted by Crippen LogP contribution is -2.41. The Morgan fingerprint density at radius 1 is 0.578 bits per heavy atom. The Morgan fingerprint density at radius 3 is 1.29 bits per heavy atom. The zero-order valence-corrected chi connectivity index (χ0v) is 30.5. The molecular formula is C38H72NO5S. The molecule has 0 heterocycles. The first-order valence-electron chi connectivity index (χ1n) is 19.1. The number of thiol groups is 1. The Labute approximate surface area is 284 Å². The smallest absolute Gasteiger partial charge is 0.306 e. The molecule has 0 amide bonds. The van der Waals surface area contributed by atoms with Crippen molar-refractivity contribution in [3.05, 3.63) is 0 Å². The second kappa shape index (κ2) is 35.8. The monoisotopic (exact) mass is 655 g/mol. The molecule has 0 saturated heterocycles. The summed E-state index contributed by atoms with van der Waals surface area (Å²) in [6.45, 7) is 4.73. The molecule has 0 bridgehead atoms. The van der Waals surface area contributed by atoms with Crippen LogP contribution in [0.2, 0.25) is 0 Å². The van der Waals surface area contributed by atoms with Gasteiger partial charge in [0.15, 0.2) is 0 Å². The van der Waals surface area contributed by atoms with Crippen LogP contribution in [0.5, 0.6) is 0 Å². The summed E-state index contributed by atoms with van der Waals surface area (Å²) in [4.78, 5) is 35.9. The Balaban J connectivity index is 4.01. The van der Waals surface area contributed by atoms with Crippen molar-refractivity contribution in [2.75, 3.05) is 18.9 Å². The summed E-state index contributed by atoms with van der Waals surface area (Å²) in [5.41, 5.74) is 0. The number of carbonyl (C=O) groups is 2. The number of carbonyl (C=O) groups excluding carboxylic acids is 3. The van der Waals surface area contributed by atoms with Crippen LogP contribution < -0.4 is 5.32 Å². The fourth-order valence-electron chi connectivity index (χ4n) is 5.63. The van der Waals surface area contributed by atoms with Crippen molar-refractivity contribution in [2.45, 2.75) is 206 Å². The molecule has 0 aromatic rings. The van der Waals surface area contributed by atoms with Gasteiger partial charge in [-0.1, -0.05) is 168 Å². The van der Waals surface area contributed by atoms with Crippen LogP contribution in [0.15, 0.2) is 0 Å². The van der Waals surface area contributed by atoms with Crippen molar-refractivity contribution in [2.24, 2.45) is 0 Å². The highest BCUT2D eigenvalue weighted by Crippen LogP contribution is 2.15. The van der Waals surface area contributed by atoms with Gasteiger partial charge in [0.05, 0.1) is 6.04 Å². The van der Waals surface area contributed by atoms with Gasteiger partial charge in [-0.05, 0) is 12.8 Å². The number of ether oxygens (including phenoxy) is 2. The van der Waals surface area contributed by atoms with Crippen molar-refractivity contribution in [1.29, 1.82) is 0 Å². The summed E-state index contributed by atoms with van der Waals surface area (Å²) in [6.07, 6.45) is 34.7. The van der Waals surface area contributed by atoms with Crippen molar-refractivity contribution in [3.63, 3.8) is 0 Å². The van der Waals surface area contributed by atoms with Gasteiger partial charge in [0.2, 0.25) is 6.29 Å². The molecule has 0 aliphatic heterocycles. The first kappa shape index (κ1) is 43.9. The summed E-state index contributed by atoms with van der Waals surface area (Å²) in [7, 11) is 0. The zero-order valence-electron chi connectivity index (χ0n) is 29.6. The molecule has 0 saturated carbocycles. The van der Waals surface area contributed by atoms with E-state index < -0.39 is 12.1 Å². The van der Waals surface area contributed by atoms with E-state index in [4.69, 9.17) is 9.47 Å². The Bertz CT molecular complexity index is 662. The molecule has 45 heavy (non-hydrogen) atoms. The quantitative estimate of drug-likeness (QED) is 0.0397. The third kappa shape index (κ3) is 32.6. The van der Waals surface area contributed by atoms with E-state index in [1.807, 2.05) is 6.29 Å². The average Bonchev–Trinajstić information content (AvgIpc) is 3.04. The SMILES string of the molecule is CCCCCCCCCCCCCCCC(=O)OCC(CN[C@H]([C]=O)CS)OC(=O)CCCCCCCCCCCCCCC. The van der Waals surface area contributed by atoms with Gasteiger partial charge in [0, 0.05) is 25.1 Å². The lowest BCUT2D eigenvalue weighted by Gasteiger charge is -2.20. The van der Waals surface area contributed by atoms with Gasteiger partial charge in [-0.2, -0.15) is 12.6 Å². The van der Waals surface area contributed by atoms with Gasteiger partial charge in [0.25, 0.3) is 0 Å². The summed E-state index contributed by atoms with van der Waals surface area (Å²) < 4.78 is 11.1. The van der Waals surface area contributed by atoms with E-state index in [2.05, 4.69) is 31.8 Å². The molecule has 0 fully saturated rings. The Kier molecular flexibility index (Phi) is 34.9. The highest BCUT2D eigenvalue weighted by atomic mass is 32.1. The van der Waals surface area contributed by atoms with Gasteiger partial charge in [-0.25, -0.2) is 0 Å². The molecular weight excluding hydrogens is 582 g/mol. The number of hydrogen-bond acceptors (Lipinski definition) is 7. The Hall–Kier alpha value is -1.08. The zero-order chi connectivity index (χ0) is 33.1. The maximum absolute atomic E-state index is 12.5. The maximum atomic E-state index is 12.5. The Morgan fingerprint density at radius 2 is 0.933 bits per heavy atom. The van der Waals surface area contributed by atoms with Crippen molar-refractivity contribution in [3.8, 4) is 0 Å². The van der Waals surface area contributed by atoms with E-state index in [0.717, 1.165) is 38.5 Å². The number of esters is 2. The summed E-state index contributed by atoms with van der Waals surface area (Å²) in [6, 6.07) is -0.558. The normalized spacial score (nSPS) is 12.6. The molecule has 0 aromatic carbocycles. The van der Waals surface area contributed by atoms with Crippen LogP contribution in [0.25, 0.3) is 0 Å². The minimum Gasteiger partial charge on any atom is -0.462 e. The topological polar surface area (TPSA) is 81.7 Å². The molecule has 7 heteroatoms. The third-order valence-corrected chi connectivity index (χ3v) is 8.98. The van der Waals surface area contributed by atoms with Crippen LogP contribution in [-0.2, 0) is 23.9 Å². The van der Waals surface area contributed by atoms with Crippen LogP contribution in [0.1, 0.15) is 194 Å². The van der Waals surface area contributed by atoms with E-state index in [-0.39, 0.29) is 25.1 Å². The molecule has 265 valence electrons. The number of nitrogens with one attached hydrogen (secondary N) is 1. The summed E-state index contributed by atoms with van der Waals surface area (Å²) >= 11 is 4.15. The van der Waals surface area contributed by atoms with Crippen LogP contribution in [-0.4, -0.2) is 49.3 Å². The summed E-state index contributed by atoms with van der Waals surface area (Å²) in [5, 5.41) is 2.99. The molecule has 0 aliphatic carbocycles. The molecule has 0 rings (SSSR count). The number of rotatable bonds is 36. The third-order valence-electron chi connectivity index (χ3n) is 8.61. The van der Waals surface area contributed by atoms with Gasteiger partial charge >= 0.3 is 11.9 Å². The number of hydrogen-bond donors (Lipinski definition) is 2. The van der Waals surface area contributed by atoms with Crippen LogP contribution >= 0.6 is 12.6 Å². The van der Waals surface area contributed by atoms with E-state index in [1.54, 1.807) is 0 Å². The molecule has 1 unspecified atom stereocenters. The minimum absolute atomic E-state index is 0.00717. The van der Waals surface area contributed by atoms with Gasteiger partial charge in [-0.15, -0.1) is 0 Å². The van der Waals surface area contributed by atoms with Crippen molar-refractivity contribution < 1.29 is 23.9 Å². The first-order valence-corrected chi connectivity index (χ1v) is 19.8. The van der Waals surface area contributed by atoms with Crippen LogP contribution in [0.4, 0.5) is 0 Å². The molecule has 0 aromatic heterocycles. The van der Waals surface area contributed by atoms with Crippen LogP contribution in [0, 0.1) is 0 Å². The van der Waals surface area contributed by atoms with Crippen LogP contribution in [0.3, 0.4) is 0 Å². The second-order valence-electron chi connectivity index (χ2n) is 13.0. The van der Waals surface area contributed by atoms with E-state index in [0.29, 0.717) is 18.6 Å². The highest BCUT2D eigenvalue weighted by Gasteiger charge is 2.19. The van der Waals surface area contributed by atoms with Gasteiger partial charge in [0.1, 0.15) is 12.7 Å². The van der Waals surface area contributed by atoms with Gasteiger partial charge < -0.3 is 14.8 Å². The fourth-order valence-corrected chi connectivity index (χ4v) is 5.83. The summed E-state index contributed by atoms with van der Waals surface area (Å²) in [5.74, 6) is -0.250. The largest absolute Gasteiger partial charge is 0.462 e. The van der Waals surface area contributed by atoms with E-state index in [1.165, 1.54) is 128 Å². The minimum atomic E-state index is -0.634. The van der Waals surface area contributed by atoms with E-state index in [9.17, 15) is 14.4 Å². The fraction of sp³-hybridized carbons (Fsp3) is 0.921. The molecule has 1 radical (unpaired) electrons. The number of unbranched alkanes of at least 4 members (excludes halogenated alkanes) is 24. The van der Waals surface area contributed by atoms with Crippen molar-refractivity contribution >= 4 is 30.9 Å². The molecule has 6 nitrogen and oxygen atoms in total. The molecule has 0 spiro atoms. The average molecular weight is 655 g/mol. The predicted molar refractivity (Wildman–Crippen MR) is 193 cm³/mol. The first-order chi connectivity index (χ1) is 22.1. The highest BCUT2D eigenvalue weighted by molar-refractivity contribution is 7.80. The lowest BCUT2D eigenvalue weighted by molar-refractivity contribution is -0.159. The molecule has 1 N–H and O–H groups in total. The van der Waals surface area contributed by atoms with E-state index >= 15 is 0 Å². The van der Waals surface area contributed by atoms with Crippen molar-refractivity contribution in [1.82, 2.24) is 5.32 Å². The second-order valence-corrected chi connectivity index (χ2v) is 13.4. The lowest BCUT2D eigenvalue weighted by atomic mass is 10.0. The maximum Gasteiger partial charge on any atom is 0.306 e. The molecule has 2 atom stereocenters. The molecule has 0 aliphatic rings. The standard InChI is InChI=1S/C38H72NO5S/c1-3-5-7-9-11-13-15-17-19-21-23-25-27-29-37(41)43-33-36(31-39-35(32-40)34-45)44-38(42)30-28-26-24-22-20-18-16-14-12-10-8-6-4-2/h35-36,39,45H,3-31,33-34H2,1-2H3/t35-,36?/m1/s1.